The van der Waals surface area contributed by atoms with Gasteiger partial charge >= 0.3 is 13.8 Å². The van der Waals surface area contributed by atoms with Crippen LogP contribution in [0.1, 0.15) is 0 Å². The van der Waals surface area contributed by atoms with E-state index in [2.05, 4.69) is 0 Å². The second kappa shape index (κ2) is 1.50. The molecule has 0 aliphatic rings. The Morgan fingerprint density at radius 2 is 1.50 bits per heavy atom. The summed E-state index contributed by atoms with van der Waals surface area (Å²) in [4.78, 5) is 23.1. The summed E-state index contributed by atoms with van der Waals surface area (Å²) < 4.78 is 0. The highest BCUT2D eigenvalue weighted by atomic mass is 31.2. The summed E-state index contributed by atoms with van der Waals surface area (Å²) in [6, 6.07) is 0. The molecule has 0 aliphatic heterocycles. The van der Waals surface area contributed by atoms with E-state index in [1.165, 1.54) is 0 Å². The maximum Gasteiger partial charge on any atom is 0.518 e. The minimum atomic E-state index is -4.09. The van der Waals surface area contributed by atoms with Gasteiger partial charge in [0.1, 0.15) is 0 Å². The van der Waals surface area contributed by atoms with Crippen LogP contribution in [0, 0.1) is 11.1 Å². The molecule has 4 nitrogen and oxygen atoms in total. The molecule has 0 fully saturated rings. The Kier molecular flexibility index (Phi) is 1.45. The van der Waals surface area contributed by atoms with E-state index >= 15 is 0 Å². The molecule has 0 amide bonds. The first-order chi connectivity index (χ1) is 2.56. The van der Waals surface area contributed by atoms with Crippen LogP contribution < -0.4 is 0 Å². The van der Waals surface area contributed by atoms with E-state index in [1.807, 2.05) is 0 Å². The van der Waals surface area contributed by atoms with Gasteiger partial charge in [-0.2, -0.15) is 14.7 Å². The Balaban J connectivity index is 3.55. The average Bonchev–Trinajstić information content (AvgIpc) is 1.35. The van der Waals surface area contributed by atoms with Gasteiger partial charge in [0.25, 0.3) is 0 Å². The molecule has 0 radical (unpaired) electrons. The molecule has 0 saturated carbocycles. The maximum absolute atomic E-state index is 7.69. The molecule has 0 unspecified atom stereocenters. The third-order valence-electron chi connectivity index (χ3n) is 0.134. The first-order valence-electron chi connectivity index (χ1n) is 1.05. The van der Waals surface area contributed by atoms with E-state index in [9.17, 15) is 0 Å². The van der Waals surface area contributed by atoms with Crippen molar-refractivity contribution in [2.75, 3.05) is 0 Å². The van der Waals surface area contributed by atoms with Gasteiger partial charge in [-0.05, 0) is 0 Å². The van der Waals surface area contributed by atoms with Crippen molar-refractivity contribution >= 4 is 7.94 Å². The van der Waals surface area contributed by atoms with Gasteiger partial charge in [0.05, 0.1) is 0 Å². The monoisotopic (exact) mass is 108 g/mol. The lowest BCUT2D eigenvalue weighted by Gasteiger charge is -1.82. The Hall–Kier alpha value is -0.200. The molecule has 0 aromatic carbocycles. The first-order valence-corrected chi connectivity index (χ1v) is 2.69. The minimum Gasteiger partial charge on any atom is -0.180 e. The molecule has 0 aromatic rings. The van der Waals surface area contributed by atoms with Gasteiger partial charge in [-0.3, -0.25) is 0 Å². The van der Waals surface area contributed by atoms with E-state index in [-0.39, 0.29) is 0 Å². The molecule has 0 aromatic heterocycles. The van der Waals surface area contributed by atoms with Crippen molar-refractivity contribution in [3.05, 3.63) is 0 Å². The molecule has 0 atom stereocenters. The van der Waals surface area contributed by atoms with Gasteiger partial charge in [0, 0.05) is 0 Å². The third kappa shape index (κ3) is 3.80. The smallest absolute Gasteiger partial charge is 0.180 e. The lowest BCUT2D eigenvalue weighted by Crippen LogP contribution is -1.78. The van der Waals surface area contributed by atoms with E-state index < -0.39 is 7.94 Å². The van der Waals surface area contributed by atoms with Crippen molar-refractivity contribution < 1.29 is 14.7 Å². The molecule has 3 N–H and O–H groups in total. The largest absolute Gasteiger partial charge is 0.518 e. The number of hydrogen-bond acceptors (Lipinski definition) is 4. The van der Waals surface area contributed by atoms with Gasteiger partial charge in [-0.15, -0.1) is 5.26 Å². The zero-order valence-corrected chi connectivity index (χ0v) is 3.63. The fourth-order valence-electron chi connectivity index (χ4n) is 0. The van der Waals surface area contributed by atoms with Crippen LogP contribution in [0.5, 0.6) is 0 Å². The Bertz CT molecular complexity index is 77.8. The predicted molar refractivity (Wildman–Crippen MR) is 19.2 cm³/mol. The molecule has 5 heteroatoms. The second-order valence-electron chi connectivity index (χ2n) is 0.668. The quantitative estimate of drug-likeness (QED) is 0.355. The molecule has 6 heavy (non-hydrogen) atoms. The van der Waals surface area contributed by atoms with Crippen LogP contribution in [0.15, 0.2) is 0 Å². The summed E-state index contributed by atoms with van der Waals surface area (Å²) in [5.41, 5.74) is 0. The van der Waals surface area contributed by atoms with E-state index in [1.54, 1.807) is 0 Å². The van der Waals surface area contributed by atoms with Crippen LogP contribution >= 0.6 is 7.94 Å². The van der Waals surface area contributed by atoms with Crippen LogP contribution in [0.4, 0.5) is 0 Å². The van der Waals surface area contributed by atoms with E-state index in [0.29, 0.717) is 0 Å². The van der Waals surface area contributed by atoms with Gasteiger partial charge in [-0.25, -0.2) is 0 Å². The van der Waals surface area contributed by atoms with Crippen molar-refractivity contribution in [2.45, 2.75) is 0 Å². The summed E-state index contributed by atoms with van der Waals surface area (Å²) >= 11 is 0. The molecule has 0 rings (SSSR count). The molecular weight excluding hydrogens is 105 g/mol. The molecule has 0 heterocycles. The fraction of sp³-hybridized carbons (Fsp3) is 0. The zero-order valence-electron chi connectivity index (χ0n) is 2.74. The van der Waals surface area contributed by atoms with Gasteiger partial charge in [0.15, 0.2) is 0 Å². The number of nitriles is 1. The molecular formula is CH3NO3P+. The summed E-state index contributed by atoms with van der Waals surface area (Å²) in [6.07, 6.45) is 0. The van der Waals surface area contributed by atoms with Crippen LogP contribution in [-0.4, -0.2) is 14.7 Å². The van der Waals surface area contributed by atoms with Crippen molar-refractivity contribution in [3.8, 4) is 5.81 Å². The summed E-state index contributed by atoms with van der Waals surface area (Å²) in [6.45, 7) is 0. The zero-order chi connectivity index (χ0) is 5.21. The molecule has 0 bridgehead atoms. The number of hydrogen-bond donors (Lipinski definition) is 3. The molecule has 0 spiro atoms. The highest BCUT2D eigenvalue weighted by Gasteiger charge is 2.29. The minimum absolute atomic E-state index is 0.882. The summed E-state index contributed by atoms with van der Waals surface area (Å²) in [5, 5.41) is 7.45. The highest BCUT2D eigenvalue weighted by Crippen LogP contribution is 2.41. The normalized spacial score (nSPS) is 10.3. The van der Waals surface area contributed by atoms with Crippen molar-refractivity contribution in [3.63, 3.8) is 0 Å². The number of rotatable bonds is 0. The molecule has 34 valence electrons. The van der Waals surface area contributed by atoms with Crippen LogP contribution in [0.2, 0.25) is 0 Å². The number of nitrogens with zero attached hydrogens (tertiary/aromatic N) is 1. The fourth-order valence-corrected chi connectivity index (χ4v) is 0. The first kappa shape index (κ1) is 5.80. The SMILES string of the molecule is N#C[P+](O)(O)O. The molecule has 0 aliphatic carbocycles. The maximum atomic E-state index is 7.69. The lowest BCUT2D eigenvalue weighted by molar-refractivity contribution is 0.347. The average molecular weight is 108 g/mol. The van der Waals surface area contributed by atoms with Crippen molar-refractivity contribution in [1.82, 2.24) is 0 Å². The van der Waals surface area contributed by atoms with Gasteiger partial charge in [0.2, 0.25) is 0 Å². The standard InChI is InChI=1S/CH3NO3P/c2-1-6(3,4)5/h3-5H/q+1. The van der Waals surface area contributed by atoms with Gasteiger partial charge in [-0.1, -0.05) is 0 Å². The Morgan fingerprint density at radius 1 is 1.33 bits per heavy atom. The Labute approximate surface area is 34.9 Å². The predicted octanol–water partition coefficient (Wildman–Crippen LogP) is -0.793. The van der Waals surface area contributed by atoms with Gasteiger partial charge < -0.3 is 0 Å². The van der Waals surface area contributed by atoms with Crippen LogP contribution in [-0.2, 0) is 0 Å². The van der Waals surface area contributed by atoms with Crippen LogP contribution in [0.3, 0.4) is 0 Å². The van der Waals surface area contributed by atoms with Crippen LogP contribution in [0.25, 0.3) is 0 Å². The topological polar surface area (TPSA) is 84.5 Å². The van der Waals surface area contributed by atoms with E-state index in [0.717, 1.165) is 5.81 Å². The summed E-state index contributed by atoms with van der Waals surface area (Å²) in [7, 11) is -4.09. The second-order valence-corrected chi connectivity index (χ2v) is 2.00. The van der Waals surface area contributed by atoms with E-state index in [4.69, 9.17) is 19.9 Å². The Morgan fingerprint density at radius 3 is 1.50 bits per heavy atom. The van der Waals surface area contributed by atoms with Crippen molar-refractivity contribution in [2.24, 2.45) is 0 Å². The third-order valence-corrected chi connectivity index (χ3v) is 0.402. The lowest BCUT2D eigenvalue weighted by atomic mass is 11.8. The highest BCUT2D eigenvalue weighted by molar-refractivity contribution is 7.63. The van der Waals surface area contributed by atoms with Crippen molar-refractivity contribution in [1.29, 1.82) is 5.26 Å². The summed E-state index contributed by atoms with van der Waals surface area (Å²) in [5.74, 6) is 0.882. The molecule has 0 saturated heterocycles.